The lowest BCUT2D eigenvalue weighted by Gasteiger charge is -2.20. The van der Waals surface area contributed by atoms with Crippen LogP contribution >= 0.6 is 7.82 Å². The van der Waals surface area contributed by atoms with Crippen molar-refractivity contribution in [3.8, 4) is 0 Å². The molecule has 0 heterocycles. The molecular formula is C45H74NO7P. The van der Waals surface area contributed by atoms with Gasteiger partial charge in [0.15, 0.2) is 0 Å². The average molecular weight is 772 g/mol. The normalized spacial score (nSPS) is 14.7. The zero-order valence-electron chi connectivity index (χ0n) is 33.7. The van der Waals surface area contributed by atoms with Crippen LogP contribution in [-0.4, -0.2) is 49.9 Å². The van der Waals surface area contributed by atoms with Crippen LogP contribution in [0.4, 0.5) is 0 Å². The maximum Gasteiger partial charge on any atom is 0.472 e. The number of phosphoric acid groups is 1. The summed E-state index contributed by atoms with van der Waals surface area (Å²) in [5.41, 5.74) is 5.36. The molecule has 0 aliphatic rings. The van der Waals surface area contributed by atoms with Crippen LogP contribution in [0.1, 0.15) is 129 Å². The largest absolute Gasteiger partial charge is 0.472 e. The molecule has 0 spiro atoms. The molecule has 0 radical (unpaired) electrons. The van der Waals surface area contributed by atoms with Gasteiger partial charge in [-0.25, -0.2) is 4.57 Å². The van der Waals surface area contributed by atoms with Crippen LogP contribution in [-0.2, 0) is 27.9 Å². The fraction of sp³-hybridized carbons (Fsp3) is 0.578. The average Bonchev–Trinajstić information content (AvgIpc) is 3.16. The van der Waals surface area contributed by atoms with Crippen molar-refractivity contribution in [3.05, 3.63) is 109 Å². The highest BCUT2D eigenvalue weighted by Gasteiger charge is 2.25. The van der Waals surface area contributed by atoms with Crippen LogP contribution in [0.5, 0.6) is 0 Å². The maximum atomic E-state index is 12.6. The number of hydrogen-bond donors (Lipinski definition) is 2. The first-order valence-electron chi connectivity index (χ1n) is 20.4. The Morgan fingerprint density at radius 3 is 1.44 bits per heavy atom. The number of allylic oxidation sites excluding steroid dienone is 18. The molecular weight excluding hydrogens is 697 g/mol. The summed E-state index contributed by atoms with van der Waals surface area (Å²) in [5, 5.41) is 0. The monoisotopic (exact) mass is 772 g/mol. The van der Waals surface area contributed by atoms with E-state index in [0.717, 1.165) is 109 Å². The fourth-order valence-electron chi connectivity index (χ4n) is 4.78. The molecule has 0 rings (SSSR count). The van der Waals surface area contributed by atoms with Gasteiger partial charge in [-0.3, -0.25) is 13.8 Å². The predicted molar refractivity (Wildman–Crippen MR) is 228 cm³/mol. The lowest BCUT2D eigenvalue weighted by Crippen LogP contribution is -2.28. The van der Waals surface area contributed by atoms with Crippen LogP contribution in [0.25, 0.3) is 0 Å². The van der Waals surface area contributed by atoms with E-state index in [2.05, 4.69) is 123 Å². The van der Waals surface area contributed by atoms with E-state index >= 15 is 0 Å². The molecule has 0 saturated carbocycles. The van der Waals surface area contributed by atoms with Crippen molar-refractivity contribution >= 4 is 13.8 Å². The molecule has 0 amide bonds. The first-order chi connectivity index (χ1) is 26.4. The molecule has 3 N–H and O–H groups in total. The Hall–Kier alpha value is -2.84. The van der Waals surface area contributed by atoms with Crippen molar-refractivity contribution in [1.82, 2.24) is 0 Å². The third-order valence-electron chi connectivity index (χ3n) is 7.69. The summed E-state index contributed by atoms with van der Waals surface area (Å²) in [6, 6.07) is 0. The number of rotatable bonds is 37. The van der Waals surface area contributed by atoms with Crippen molar-refractivity contribution < 1.29 is 32.8 Å². The minimum atomic E-state index is -4.30. The van der Waals surface area contributed by atoms with Gasteiger partial charge >= 0.3 is 13.8 Å². The molecule has 0 aromatic heterocycles. The number of nitrogens with two attached hydrogens (primary N) is 1. The summed E-state index contributed by atoms with van der Waals surface area (Å²) >= 11 is 0. The summed E-state index contributed by atoms with van der Waals surface area (Å²) in [7, 11) is -4.30. The van der Waals surface area contributed by atoms with E-state index < -0.39 is 13.9 Å². The summed E-state index contributed by atoms with van der Waals surface area (Å²) in [5.74, 6) is -0.375. The Labute approximate surface area is 329 Å². The minimum absolute atomic E-state index is 0.0686. The molecule has 8 nitrogen and oxygen atoms in total. The van der Waals surface area contributed by atoms with Gasteiger partial charge in [-0.15, -0.1) is 0 Å². The standard InChI is InChI=1S/C45H74NO7P/c1-3-5-7-9-11-13-15-17-19-21-23-25-27-29-31-33-35-37-40-50-42-44(43-52-54(48,49)51-41-39-46)53-45(47)38-36-34-32-30-28-26-24-22-20-18-16-14-12-10-8-6-4-2/h5-8,11-14,17-20,23-26,29,31,44H,3-4,9-10,15-16,21-22,27-28,30,32-43,46H2,1-2H3,(H,48,49)/b7-5-,8-6-,13-11-,14-12-,19-17-,20-18-,25-23-,26-24-,31-29-. The van der Waals surface area contributed by atoms with Crippen LogP contribution in [0.2, 0.25) is 0 Å². The summed E-state index contributed by atoms with van der Waals surface area (Å²) < 4.78 is 33.3. The van der Waals surface area contributed by atoms with Gasteiger partial charge in [0.1, 0.15) is 6.10 Å². The van der Waals surface area contributed by atoms with Crippen LogP contribution in [0.3, 0.4) is 0 Å². The Bertz CT molecular complexity index is 1180. The molecule has 0 saturated heterocycles. The van der Waals surface area contributed by atoms with Crippen molar-refractivity contribution in [2.45, 2.75) is 136 Å². The molecule has 2 unspecified atom stereocenters. The number of carbonyl (C=O) groups excluding carboxylic acids is 1. The number of ether oxygens (including phenoxy) is 2. The zero-order valence-corrected chi connectivity index (χ0v) is 34.5. The molecule has 0 aromatic carbocycles. The highest BCUT2D eigenvalue weighted by Crippen LogP contribution is 2.43. The second-order valence-corrected chi connectivity index (χ2v) is 14.2. The third kappa shape index (κ3) is 40.3. The van der Waals surface area contributed by atoms with Gasteiger partial charge in [0, 0.05) is 19.6 Å². The summed E-state index contributed by atoms with van der Waals surface area (Å²) in [6.07, 6.45) is 55.4. The smallest absolute Gasteiger partial charge is 0.457 e. The topological polar surface area (TPSA) is 117 Å². The van der Waals surface area contributed by atoms with Crippen LogP contribution in [0.15, 0.2) is 109 Å². The molecule has 9 heteroatoms. The second-order valence-electron chi connectivity index (χ2n) is 12.7. The second kappa shape index (κ2) is 41.3. The van der Waals surface area contributed by atoms with Crippen molar-refractivity contribution in [1.29, 1.82) is 0 Å². The highest BCUT2D eigenvalue weighted by molar-refractivity contribution is 7.47. The number of phosphoric ester groups is 1. The number of unbranched alkanes of at least 4 members (excludes halogenated alkanes) is 6. The predicted octanol–water partition coefficient (Wildman–Crippen LogP) is 12.1. The van der Waals surface area contributed by atoms with Gasteiger partial charge in [-0.2, -0.15) is 0 Å². The minimum Gasteiger partial charge on any atom is -0.457 e. The Morgan fingerprint density at radius 1 is 0.556 bits per heavy atom. The molecule has 0 aromatic rings. The summed E-state index contributed by atoms with van der Waals surface area (Å²) in [6.45, 7) is 4.50. The molecule has 2 atom stereocenters. The third-order valence-corrected chi connectivity index (χ3v) is 8.67. The van der Waals surface area contributed by atoms with Gasteiger partial charge in [0.05, 0.1) is 19.8 Å². The van der Waals surface area contributed by atoms with E-state index in [1.165, 1.54) is 0 Å². The molecule has 0 fully saturated rings. The zero-order chi connectivity index (χ0) is 39.5. The first kappa shape index (κ1) is 51.2. The van der Waals surface area contributed by atoms with Gasteiger partial charge in [0.2, 0.25) is 0 Å². The Morgan fingerprint density at radius 2 is 0.981 bits per heavy atom. The number of hydrogen-bond acceptors (Lipinski definition) is 7. The van der Waals surface area contributed by atoms with Gasteiger partial charge in [0.25, 0.3) is 0 Å². The van der Waals surface area contributed by atoms with E-state index in [1.807, 2.05) is 0 Å². The van der Waals surface area contributed by atoms with E-state index in [4.69, 9.17) is 24.3 Å². The van der Waals surface area contributed by atoms with Crippen molar-refractivity contribution in [3.63, 3.8) is 0 Å². The van der Waals surface area contributed by atoms with Crippen LogP contribution < -0.4 is 5.73 Å². The molecule has 0 bridgehead atoms. The van der Waals surface area contributed by atoms with E-state index in [-0.39, 0.29) is 38.8 Å². The van der Waals surface area contributed by atoms with Crippen molar-refractivity contribution in [2.75, 3.05) is 33.0 Å². The van der Waals surface area contributed by atoms with E-state index in [0.29, 0.717) is 6.61 Å². The van der Waals surface area contributed by atoms with Crippen molar-refractivity contribution in [2.24, 2.45) is 5.73 Å². The van der Waals surface area contributed by atoms with Gasteiger partial charge < -0.3 is 20.1 Å². The lowest BCUT2D eigenvalue weighted by molar-refractivity contribution is -0.154. The summed E-state index contributed by atoms with van der Waals surface area (Å²) in [4.78, 5) is 22.4. The van der Waals surface area contributed by atoms with Gasteiger partial charge in [-0.05, 0) is 96.3 Å². The Kier molecular flexibility index (Phi) is 39.2. The Balaban J connectivity index is 4.24. The van der Waals surface area contributed by atoms with Crippen LogP contribution in [0, 0.1) is 0 Å². The number of carbonyl (C=O) groups is 1. The molecule has 306 valence electrons. The molecule has 0 aliphatic heterocycles. The van der Waals surface area contributed by atoms with E-state index in [9.17, 15) is 14.3 Å². The maximum absolute atomic E-state index is 12.6. The first-order valence-corrected chi connectivity index (χ1v) is 21.9. The number of esters is 1. The fourth-order valence-corrected chi connectivity index (χ4v) is 5.54. The molecule has 54 heavy (non-hydrogen) atoms. The molecule has 0 aliphatic carbocycles. The van der Waals surface area contributed by atoms with Gasteiger partial charge in [-0.1, -0.05) is 136 Å². The quantitative estimate of drug-likeness (QED) is 0.0277. The van der Waals surface area contributed by atoms with E-state index in [1.54, 1.807) is 0 Å². The lowest BCUT2D eigenvalue weighted by atomic mass is 10.1. The SMILES string of the molecule is CC/C=C\C/C=C\C/C=C\C/C=C\C/C=C\CCCCOCC(COP(=O)(O)OCCN)OC(=O)CCCCCC/C=C\C/C=C\C/C=C\C/C=C\CC. The highest BCUT2D eigenvalue weighted by atomic mass is 31.2.